The number of sulfonamides is 1. The van der Waals surface area contributed by atoms with Crippen molar-refractivity contribution in [3.8, 4) is 0 Å². The highest BCUT2D eigenvalue weighted by atomic mass is 32.2. The zero-order chi connectivity index (χ0) is 11.2. The highest BCUT2D eigenvalue weighted by Gasteiger charge is 2.41. The number of rotatable bonds is 2. The maximum absolute atomic E-state index is 12.2. The molecule has 0 saturated heterocycles. The highest BCUT2D eigenvalue weighted by molar-refractivity contribution is 7.93. The monoisotopic (exact) mass is 237 g/mol. The van der Waals surface area contributed by atoms with Crippen molar-refractivity contribution in [2.45, 2.75) is 30.9 Å². The van der Waals surface area contributed by atoms with Gasteiger partial charge in [0.15, 0.2) is 0 Å². The second-order valence-electron chi connectivity index (χ2n) is 4.55. The topological polar surface area (TPSA) is 37.4 Å². The Morgan fingerprint density at radius 1 is 1.19 bits per heavy atom. The minimum atomic E-state index is -3.07. The van der Waals surface area contributed by atoms with E-state index < -0.39 is 10.0 Å². The lowest BCUT2D eigenvalue weighted by Gasteiger charge is -2.30. The molecule has 1 aromatic carbocycles. The molecular weight excluding hydrogens is 222 g/mol. The fraction of sp³-hybridized carbons (Fsp3) is 0.500. The van der Waals surface area contributed by atoms with Crippen LogP contribution in [0.2, 0.25) is 0 Å². The molecule has 16 heavy (non-hydrogen) atoms. The Morgan fingerprint density at radius 3 is 2.69 bits per heavy atom. The summed E-state index contributed by atoms with van der Waals surface area (Å²) in [6.45, 7) is 0.649. The molecular formula is C12H15NO2S. The minimum absolute atomic E-state index is 0.112. The van der Waals surface area contributed by atoms with E-state index in [1.54, 1.807) is 4.31 Å². The van der Waals surface area contributed by atoms with E-state index in [1.165, 1.54) is 0 Å². The number of para-hydroxylation sites is 1. The van der Waals surface area contributed by atoms with Gasteiger partial charge in [-0.15, -0.1) is 0 Å². The van der Waals surface area contributed by atoms with E-state index in [2.05, 4.69) is 0 Å². The van der Waals surface area contributed by atoms with Crippen LogP contribution >= 0.6 is 0 Å². The Balaban J connectivity index is 2.04. The zero-order valence-electron chi connectivity index (χ0n) is 9.09. The van der Waals surface area contributed by atoms with Crippen molar-refractivity contribution in [3.63, 3.8) is 0 Å². The number of anilines is 1. The van der Waals surface area contributed by atoms with Gasteiger partial charge in [0.25, 0.3) is 0 Å². The fourth-order valence-electron chi connectivity index (χ4n) is 2.31. The summed E-state index contributed by atoms with van der Waals surface area (Å²) in [5.74, 6) is 0. The second kappa shape index (κ2) is 3.48. The van der Waals surface area contributed by atoms with E-state index in [-0.39, 0.29) is 5.25 Å². The number of nitrogens with zero attached hydrogens (tertiary/aromatic N) is 1. The predicted molar refractivity (Wildman–Crippen MR) is 64.1 cm³/mol. The Labute approximate surface area is 96.1 Å². The normalized spacial score (nSPS) is 20.6. The summed E-state index contributed by atoms with van der Waals surface area (Å²) in [6, 6.07) is 7.85. The summed E-state index contributed by atoms with van der Waals surface area (Å²) >= 11 is 0. The summed E-state index contributed by atoms with van der Waals surface area (Å²) in [5.41, 5.74) is 2.07. The van der Waals surface area contributed by atoms with Gasteiger partial charge in [0, 0.05) is 6.54 Å². The molecule has 0 N–H and O–H groups in total. The summed E-state index contributed by atoms with van der Waals surface area (Å²) in [4.78, 5) is 0. The predicted octanol–water partition coefficient (Wildman–Crippen LogP) is 1.93. The third-order valence-electron chi connectivity index (χ3n) is 3.32. The first-order valence-corrected chi connectivity index (χ1v) is 7.29. The van der Waals surface area contributed by atoms with Gasteiger partial charge in [-0.3, -0.25) is 4.31 Å². The lowest BCUT2D eigenvalue weighted by Crippen LogP contribution is -2.37. The van der Waals surface area contributed by atoms with Crippen molar-refractivity contribution >= 4 is 15.7 Å². The van der Waals surface area contributed by atoms with Gasteiger partial charge in [-0.1, -0.05) is 18.2 Å². The largest absolute Gasteiger partial charge is 0.270 e. The molecule has 0 unspecified atom stereocenters. The molecule has 0 radical (unpaired) electrons. The van der Waals surface area contributed by atoms with Gasteiger partial charge < -0.3 is 0 Å². The summed E-state index contributed by atoms with van der Waals surface area (Å²) in [5, 5.41) is -0.112. The average molecular weight is 237 g/mol. The van der Waals surface area contributed by atoms with Crippen molar-refractivity contribution in [1.29, 1.82) is 0 Å². The van der Waals surface area contributed by atoms with Crippen molar-refractivity contribution in [1.82, 2.24) is 0 Å². The molecule has 4 heteroatoms. The smallest absolute Gasteiger partial charge is 0.238 e. The quantitative estimate of drug-likeness (QED) is 0.788. The first kappa shape index (κ1) is 10.1. The SMILES string of the molecule is O=S(=O)(C1CC1)N1CCCc2ccccc21. The fourth-order valence-corrected chi connectivity index (χ4v) is 4.24. The molecule has 0 bridgehead atoms. The van der Waals surface area contributed by atoms with Crippen LogP contribution in [-0.2, 0) is 16.4 Å². The summed E-state index contributed by atoms with van der Waals surface area (Å²) in [7, 11) is -3.07. The first-order valence-electron chi connectivity index (χ1n) is 5.79. The van der Waals surface area contributed by atoms with Crippen molar-refractivity contribution in [2.75, 3.05) is 10.8 Å². The standard InChI is InChI=1S/C12H15NO2S/c14-16(15,11-7-8-11)13-9-3-5-10-4-1-2-6-12(10)13/h1-2,4,6,11H,3,5,7-9H2. The summed E-state index contributed by atoms with van der Waals surface area (Å²) in [6.07, 6.45) is 3.60. The maximum Gasteiger partial charge on any atom is 0.238 e. The van der Waals surface area contributed by atoms with E-state index in [9.17, 15) is 8.42 Å². The maximum atomic E-state index is 12.2. The Kier molecular flexibility index (Phi) is 2.21. The van der Waals surface area contributed by atoms with Gasteiger partial charge in [-0.05, 0) is 37.3 Å². The minimum Gasteiger partial charge on any atom is -0.270 e. The average Bonchev–Trinajstić information content (AvgIpc) is 3.12. The molecule has 2 aliphatic rings. The molecule has 1 heterocycles. The van der Waals surface area contributed by atoms with Crippen LogP contribution in [0.1, 0.15) is 24.8 Å². The van der Waals surface area contributed by atoms with Gasteiger partial charge in [0.1, 0.15) is 0 Å². The van der Waals surface area contributed by atoms with Gasteiger partial charge >= 0.3 is 0 Å². The molecule has 0 aromatic heterocycles. The number of hydrogen-bond acceptors (Lipinski definition) is 2. The molecule has 3 rings (SSSR count). The van der Waals surface area contributed by atoms with Gasteiger partial charge in [0.2, 0.25) is 10.0 Å². The molecule has 0 atom stereocenters. The Morgan fingerprint density at radius 2 is 1.94 bits per heavy atom. The van der Waals surface area contributed by atoms with Crippen LogP contribution in [0.15, 0.2) is 24.3 Å². The van der Waals surface area contributed by atoms with Gasteiger partial charge in [-0.25, -0.2) is 8.42 Å². The Bertz CT molecular complexity index is 506. The molecule has 1 saturated carbocycles. The molecule has 86 valence electrons. The molecule has 0 amide bonds. The number of fused-ring (bicyclic) bond motifs is 1. The van der Waals surface area contributed by atoms with Crippen molar-refractivity contribution in [2.24, 2.45) is 0 Å². The van der Waals surface area contributed by atoms with Crippen LogP contribution in [0.5, 0.6) is 0 Å². The first-order chi connectivity index (χ1) is 7.69. The van der Waals surface area contributed by atoms with Crippen LogP contribution in [0.3, 0.4) is 0 Å². The van der Waals surface area contributed by atoms with Crippen LogP contribution in [0.4, 0.5) is 5.69 Å². The third-order valence-corrected chi connectivity index (χ3v) is 5.63. The second-order valence-corrected chi connectivity index (χ2v) is 6.69. The third kappa shape index (κ3) is 1.52. The van der Waals surface area contributed by atoms with Crippen molar-refractivity contribution < 1.29 is 8.42 Å². The molecule has 1 aliphatic heterocycles. The Hall–Kier alpha value is -1.03. The van der Waals surface area contributed by atoms with E-state index in [0.29, 0.717) is 6.54 Å². The van der Waals surface area contributed by atoms with E-state index >= 15 is 0 Å². The van der Waals surface area contributed by atoms with Gasteiger partial charge in [0.05, 0.1) is 10.9 Å². The molecule has 1 aromatic rings. The highest BCUT2D eigenvalue weighted by Crippen LogP contribution is 2.36. The van der Waals surface area contributed by atoms with E-state index in [0.717, 1.165) is 36.9 Å². The number of hydrogen-bond donors (Lipinski definition) is 0. The van der Waals surface area contributed by atoms with E-state index in [4.69, 9.17) is 0 Å². The van der Waals surface area contributed by atoms with Gasteiger partial charge in [-0.2, -0.15) is 0 Å². The molecule has 3 nitrogen and oxygen atoms in total. The zero-order valence-corrected chi connectivity index (χ0v) is 9.91. The van der Waals surface area contributed by atoms with Crippen LogP contribution in [0.25, 0.3) is 0 Å². The molecule has 1 fully saturated rings. The molecule has 1 aliphatic carbocycles. The number of benzene rings is 1. The lowest BCUT2D eigenvalue weighted by atomic mass is 10.0. The number of aryl methyl sites for hydroxylation is 1. The lowest BCUT2D eigenvalue weighted by molar-refractivity contribution is 0.585. The summed E-state index contributed by atoms with van der Waals surface area (Å²) < 4.78 is 26.1. The van der Waals surface area contributed by atoms with Crippen LogP contribution in [-0.4, -0.2) is 20.2 Å². The van der Waals surface area contributed by atoms with Crippen LogP contribution < -0.4 is 4.31 Å². The van der Waals surface area contributed by atoms with E-state index in [1.807, 2.05) is 24.3 Å². The molecule has 0 spiro atoms. The van der Waals surface area contributed by atoms with Crippen molar-refractivity contribution in [3.05, 3.63) is 29.8 Å². The van der Waals surface area contributed by atoms with Crippen LogP contribution in [0, 0.1) is 0 Å².